The van der Waals surface area contributed by atoms with Crippen LogP contribution in [0.1, 0.15) is 31.9 Å². The molecule has 0 aromatic heterocycles. The molecule has 0 saturated heterocycles. The standard InChI is InChI=1S/C29H29N/c1-20-17-25-24-16-15-22(21-11-7-5-8-12-21)18-26(24)29(2,3)27(25)19-28(20)30(4)23-13-9-6-10-14-23/h5-20,28H,1-4H3. The minimum atomic E-state index is 0.00186. The van der Waals surface area contributed by atoms with Crippen molar-refractivity contribution in [1.82, 2.24) is 0 Å². The van der Waals surface area contributed by atoms with Crippen LogP contribution in [-0.4, -0.2) is 13.1 Å². The third kappa shape index (κ3) is 2.92. The van der Waals surface area contributed by atoms with E-state index in [0.29, 0.717) is 12.0 Å². The molecule has 3 aromatic rings. The van der Waals surface area contributed by atoms with Crippen LogP contribution in [0.25, 0.3) is 16.7 Å². The Morgan fingerprint density at radius 1 is 0.767 bits per heavy atom. The van der Waals surface area contributed by atoms with Gasteiger partial charge in [0.2, 0.25) is 0 Å². The molecule has 2 aliphatic rings. The molecule has 2 atom stereocenters. The van der Waals surface area contributed by atoms with Crippen LogP contribution in [0, 0.1) is 5.92 Å². The minimum absolute atomic E-state index is 0.00186. The van der Waals surface area contributed by atoms with Gasteiger partial charge >= 0.3 is 0 Å². The van der Waals surface area contributed by atoms with Crippen LogP contribution < -0.4 is 4.90 Å². The van der Waals surface area contributed by atoms with Gasteiger partial charge in [0, 0.05) is 18.2 Å². The van der Waals surface area contributed by atoms with E-state index in [1.807, 2.05) is 0 Å². The van der Waals surface area contributed by atoms with E-state index >= 15 is 0 Å². The number of hydrogen-bond donors (Lipinski definition) is 0. The molecule has 150 valence electrons. The highest BCUT2D eigenvalue weighted by Gasteiger charge is 2.41. The lowest BCUT2D eigenvalue weighted by Gasteiger charge is -2.36. The van der Waals surface area contributed by atoms with Gasteiger partial charge in [-0.2, -0.15) is 0 Å². The lowest BCUT2D eigenvalue weighted by molar-refractivity contribution is 0.573. The van der Waals surface area contributed by atoms with Gasteiger partial charge in [-0.15, -0.1) is 0 Å². The fourth-order valence-corrected chi connectivity index (χ4v) is 5.19. The monoisotopic (exact) mass is 391 g/mol. The number of hydrogen-bond acceptors (Lipinski definition) is 1. The molecule has 2 aliphatic carbocycles. The molecular formula is C29H29N. The minimum Gasteiger partial charge on any atom is -0.368 e. The summed E-state index contributed by atoms with van der Waals surface area (Å²) in [5.74, 6) is 0.449. The quantitative estimate of drug-likeness (QED) is 0.460. The van der Waals surface area contributed by atoms with E-state index in [1.165, 1.54) is 39.1 Å². The van der Waals surface area contributed by atoms with Gasteiger partial charge in [0.05, 0.1) is 6.04 Å². The first kappa shape index (κ1) is 18.9. The highest BCUT2D eigenvalue weighted by atomic mass is 15.1. The highest BCUT2D eigenvalue weighted by Crippen LogP contribution is 2.53. The first-order valence-electron chi connectivity index (χ1n) is 10.9. The maximum Gasteiger partial charge on any atom is 0.0536 e. The maximum absolute atomic E-state index is 2.52. The predicted octanol–water partition coefficient (Wildman–Crippen LogP) is 7.11. The molecule has 0 N–H and O–H groups in total. The summed E-state index contributed by atoms with van der Waals surface area (Å²) in [6.45, 7) is 7.10. The van der Waals surface area contributed by atoms with Crippen molar-refractivity contribution in [3.05, 3.63) is 108 Å². The Morgan fingerprint density at radius 2 is 1.43 bits per heavy atom. The Hall–Kier alpha value is -3.06. The van der Waals surface area contributed by atoms with Crippen LogP contribution in [0.2, 0.25) is 0 Å². The zero-order chi connectivity index (χ0) is 20.9. The molecule has 0 amide bonds. The molecule has 1 nitrogen and oxygen atoms in total. The van der Waals surface area contributed by atoms with Crippen LogP contribution in [0.3, 0.4) is 0 Å². The van der Waals surface area contributed by atoms with E-state index in [4.69, 9.17) is 0 Å². The second kappa shape index (κ2) is 7.02. The Bertz CT molecular complexity index is 1140. The molecule has 0 aliphatic heterocycles. The van der Waals surface area contributed by atoms with Crippen LogP contribution >= 0.6 is 0 Å². The third-order valence-corrected chi connectivity index (χ3v) is 6.97. The zero-order valence-electron chi connectivity index (χ0n) is 18.3. The van der Waals surface area contributed by atoms with Gasteiger partial charge < -0.3 is 4.90 Å². The van der Waals surface area contributed by atoms with Crippen molar-refractivity contribution < 1.29 is 0 Å². The fraction of sp³-hybridized carbons (Fsp3) is 0.241. The summed E-state index contributed by atoms with van der Waals surface area (Å²) in [5.41, 5.74) is 9.59. The Balaban J connectivity index is 1.57. The summed E-state index contributed by atoms with van der Waals surface area (Å²) in [4.78, 5) is 2.42. The lowest BCUT2D eigenvalue weighted by Crippen LogP contribution is -2.37. The SMILES string of the molecule is CC1C=C2C(=CC1N(C)c1ccccc1)C(C)(C)c1cc(-c3ccccc3)ccc12. The second-order valence-electron chi connectivity index (χ2n) is 9.21. The maximum atomic E-state index is 2.52. The lowest BCUT2D eigenvalue weighted by atomic mass is 9.77. The molecular weight excluding hydrogens is 362 g/mol. The molecule has 1 heteroatoms. The van der Waals surface area contributed by atoms with Gasteiger partial charge in [-0.25, -0.2) is 0 Å². The summed E-state index contributed by atoms with van der Waals surface area (Å²) in [5, 5.41) is 0. The smallest absolute Gasteiger partial charge is 0.0536 e. The van der Waals surface area contributed by atoms with Gasteiger partial charge in [0.25, 0.3) is 0 Å². The van der Waals surface area contributed by atoms with E-state index < -0.39 is 0 Å². The average molecular weight is 392 g/mol. The van der Waals surface area contributed by atoms with Crippen LogP contribution in [-0.2, 0) is 5.41 Å². The molecule has 0 heterocycles. The number of fused-ring (bicyclic) bond motifs is 3. The molecule has 0 bridgehead atoms. The summed E-state index contributed by atoms with van der Waals surface area (Å²) >= 11 is 0. The van der Waals surface area contributed by atoms with Crippen molar-refractivity contribution in [1.29, 1.82) is 0 Å². The average Bonchev–Trinajstić information content (AvgIpc) is 3.00. The fourth-order valence-electron chi connectivity index (χ4n) is 5.19. The molecule has 0 fully saturated rings. The van der Waals surface area contributed by atoms with E-state index in [1.54, 1.807) is 0 Å². The molecule has 0 radical (unpaired) electrons. The van der Waals surface area contributed by atoms with E-state index in [0.717, 1.165) is 0 Å². The van der Waals surface area contributed by atoms with Crippen LogP contribution in [0.4, 0.5) is 5.69 Å². The van der Waals surface area contributed by atoms with Gasteiger partial charge in [0.15, 0.2) is 0 Å². The molecule has 5 rings (SSSR count). The van der Waals surface area contributed by atoms with Crippen LogP contribution in [0.5, 0.6) is 0 Å². The van der Waals surface area contributed by atoms with E-state index in [2.05, 4.69) is 124 Å². The largest absolute Gasteiger partial charge is 0.368 e. The van der Waals surface area contributed by atoms with Crippen molar-refractivity contribution in [2.45, 2.75) is 32.2 Å². The topological polar surface area (TPSA) is 3.24 Å². The Kier molecular flexibility index (Phi) is 4.43. The third-order valence-electron chi connectivity index (χ3n) is 6.97. The highest BCUT2D eigenvalue weighted by molar-refractivity contribution is 5.92. The van der Waals surface area contributed by atoms with Gasteiger partial charge in [-0.05, 0) is 57.5 Å². The number of likely N-dealkylation sites (N-methyl/N-ethyl adjacent to an activating group) is 1. The number of allylic oxidation sites excluding steroid dienone is 2. The van der Waals surface area contributed by atoms with Gasteiger partial charge in [-0.1, -0.05) is 93.6 Å². The van der Waals surface area contributed by atoms with Crippen LogP contribution in [0.15, 0.2) is 96.6 Å². The normalized spacial score (nSPS) is 21.3. The summed E-state index contributed by atoms with van der Waals surface area (Å²) in [6, 6.07) is 28.8. The van der Waals surface area contributed by atoms with Crippen molar-refractivity contribution in [3.8, 4) is 11.1 Å². The van der Waals surface area contributed by atoms with E-state index in [9.17, 15) is 0 Å². The molecule has 30 heavy (non-hydrogen) atoms. The molecule has 0 spiro atoms. The Morgan fingerprint density at radius 3 is 2.13 bits per heavy atom. The number of rotatable bonds is 3. The zero-order valence-corrected chi connectivity index (χ0v) is 18.3. The Labute approximate surface area is 180 Å². The number of anilines is 1. The molecule has 3 aromatic carbocycles. The summed E-state index contributed by atoms with van der Waals surface area (Å²) in [6.07, 6.45) is 5.02. The number of benzene rings is 3. The second-order valence-corrected chi connectivity index (χ2v) is 9.21. The van der Waals surface area contributed by atoms with E-state index in [-0.39, 0.29) is 5.41 Å². The van der Waals surface area contributed by atoms with Crippen molar-refractivity contribution in [2.24, 2.45) is 5.92 Å². The van der Waals surface area contributed by atoms with Crippen molar-refractivity contribution >= 4 is 11.3 Å². The molecule has 0 saturated carbocycles. The number of para-hydroxylation sites is 1. The van der Waals surface area contributed by atoms with Crippen molar-refractivity contribution in [2.75, 3.05) is 11.9 Å². The predicted molar refractivity (Wildman–Crippen MR) is 129 cm³/mol. The van der Waals surface area contributed by atoms with Gasteiger partial charge in [-0.3, -0.25) is 0 Å². The van der Waals surface area contributed by atoms with Gasteiger partial charge in [0.1, 0.15) is 0 Å². The summed E-state index contributed by atoms with van der Waals surface area (Å²) in [7, 11) is 2.22. The first-order valence-corrected chi connectivity index (χ1v) is 10.9. The molecule has 2 unspecified atom stereocenters. The first-order chi connectivity index (χ1) is 14.5. The number of nitrogens with zero attached hydrogens (tertiary/aromatic N) is 1. The van der Waals surface area contributed by atoms with Crippen molar-refractivity contribution in [3.63, 3.8) is 0 Å². The summed E-state index contributed by atoms with van der Waals surface area (Å²) < 4.78 is 0.